The number of hydrogen-bond acceptors (Lipinski definition) is 6. The molecule has 7 aromatic rings. The molecule has 45 heavy (non-hydrogen) atoms. The average Bonchev–Trinajstić information content (AvgIpc) is 3.72. The normalized spacial score (nSPS) is 12.7. The minimum atomic E-state index is -0.364. The van der Waals surface area contributed by atoms with E-state index < -0.39 is 0 Å². The van der Waals surface area contributed by atoms with Crippen LogP contribution in [0.15, 0.2) is 128 Å². The Balaban J connectivity index is 1.25. The van der Waals surface area contributed by atoms with Crippen molar-refractivity contribution in [3.63, 3.8) is 0 Å². The SMILES string of the molecule is C=CCNc1ccc2c3c(cccc13)C(=O)N(c1cccc(-c3nn(-c4ccccc4)cc3-c3nc4ccccc4s3)c1)C2=O. The summed E-state index contributed by atoms with van der Waals surface area (Å²) in [5, 5.41) is 10.6. The number of benzene rings is 5. The Kier molecular flexibility index (Phi) is 6.36. The van der Waals surface area contributed by atoms with Crippen LogP contribution >= 0.6 is 11.3 Å². The van der Waals surface area contributed by atoms with E-state index in [1.807, 2.05) is 95.8 Å². The van der Waals surface area contributed by atoms with Crippen LogP contribution < -0.4 is 10.2 Å². The van der Waals surface area contributed by atoms with Gasteiger partial charge in [-0.2, -0.15) is 5.10 Å². The molecule has 0 atom stereocenters. The molecule has 1 aliphatic heterocycles. The first-order chi connectivity index (χ1) is 22.1. The van der Waals surface area contributed by atoms with Gasteiger partial charge in [0.05, 0.1) is 27.2 Å². The van der Waals surface area contributed by atoms with Crippen molar-refractivity contribution < 1.29 is 9.59 Å². The van der Waals surface area contributed by atoms with Gasteiger partial charge in [-0.1, -0.05) is 60.7 Å². The molecule has 0 spiro atoms. The highest BCUT2D eigenvalue weighted by atomic mass is 32.1. The number of carbonyl (C=O) groups excluding carboxylic acids is 2. The lowest BCUT2D eigenvalue weighted by molar-refractivity contribution is 0.0893. The molecule has 216 valence electrons. The van der Waals surface area contributed by atoms with Crippen molar-refractivity contribution >= 4 is 55.5 Å². The molecule has 0 aliphatic carbocycles. The Hall–Kier alpha value is -5.86. The highest BCUT2D eigenvalue weighted by Crippen LogP contribution is 2.40. The molecular formula is C37H25N5O2S. The Morgan fingerprint density at radius 2 is 1.53 bits per heavy atom. The molecule has 0 bridgehead atoms. The van der Waals surface area contributed by atoms with Gasteiger partial charge in [-0.25, -0.2) is 14.6 Å². The van der Waals surface area contributed by atoms with E-state index in [1.54, 1.807) is 35.6 Å². The molecule has 1 aliphatic rings. The Bertz CT molecular complexity index is 2250. The summed E-state index contributed by atoms with van der Waals surface area (Å²) < 4.78 is 2.93. The van der Waals surface area contributed by atoms with E-state index in [0.717, 1.165) is 43.1 Å². The quantitative estimate of drug-likeness (QED) is 0.146. The summed E-state index contributed by atoms with van der Waals surface area (Å²) in [5.41, 5.74) is 6.47. The molecule has 8 heteroatoms. The van der Waals surface area contributed by atoms with E-state index in [0.29, 0.717) is 34.4 Å². The molecule has 8 rings (SSSR count). The number of nitrogens with zero attached hydrogens (tertiary/aromatic N) is 4. The van der Waals surface area contributed by atoms with Gasteiger partial charge in [0.25, 0.3) is 11.8 Å². The van der Waals surface area contributed by atoms with E-state index in [4.69, 9.17) is 10.1 Å². The standard InChI is InChI=1S/C37H25N5O2S/c1-2-20-38-30-19-18-28-33-26(30)14-9-15-27(33)36(43)42(37(28)44)25-13-8-10-23(21-25)34-29(22-41(40-34)24-11-4-3-5-12-24)35-39-31-16-6-7-17-32(31)45-35/h2-19,21-22,38H,1,20H2. The number of aromatic nitrogens is 3. The third-order valence-corrected chi connectivity index (χ3v) is 9.05. The predicted octanol–water partition coefficient (Wildman–Crippen LogP) is 8.37. The van der Waals surface area contributed by atoms with Gasteiger partial charge >= 0.3 is 0 Å². The van der Waals surface area contributed by atoms with Gasteiger partial charge in [0.2, 0.25) is 0 Å². The van der Waals surface area contributed by atoms with E-state index in [2.05, 4.69) is 18.0 Å². The van der Waals surface area contributed by atoms with Gasteiger partial charge in [-0.15, -0.1) is 17.9 Å². The Morgan fingerprint density at radius 3 is 2.36 bits per heavy atom. The van der Waals surface area contributed by atoms with Crippen molar-refractivity contribution in [1.29, 1.82) is 0 Å². The summed E-state index contributed by atoms with van der Waals surface area (Å²) in [6, 6.07) is 34.6. The lowest BCUT2D eigenvalue weighted by Gasteiger charge is -2.28. The summed E-state index contributed by atoms with van der Waals surface area (Å²) >= 11 is 1.60. The number of nitrogens with one attached hydrogen (secondary N) is 1. The van der Waals surface area contributed by atoms with Gasteiger partial charge in [0.15, 0.2) is 0 Å². The lowest BCUT2D eigenvalue weighted by Crippen LogP contribution is -2.40. The predicted molar refractivity (Wildman–Crippen MR) is 181 cm³/mol. The van der Waals surface area contributed by atoms with E-state index in [-0.39, 0.29) is 11.8 Å². The summed E-state index contributed by atoms with van der Waals surface area (Å²) in [6.07, 6.45) is 3.76. The zero-order chi connectivity index (χ0) is 30.5. The largest absolute Gasteiger partial charge is 0.381 e. The maximum atomic E-state index is 14.0. The molecule has 0 unspecified atom stereocenters. The summed E-state index contributed by atoms with van der Waals surface area (Å²) in [4.78, 5) is 34.2. The van der Waals surface area contributed by atoms with Crippen LogP contribution in [-0.4, -0.2) is 33.1 Å². The maximum absolute atomic E-state index is 14.0. The molecule has 2 amide bonds. The number of amides is 2. The van der Waals surface area contributed by atoms with Crippen molar-refractivity contribution in [1.82, 2.24) is 14.8 Å². The molecule has 1 N–H and O–H groups in total. The van der Waals surface area contributed by atoms with Crippen molar-refractivity contribution in [2.24, 2.45) is 0 Å². The average molecular weight is 604 g/mol. The maximum Gasteiger partial charge on any atom is 0.265 e. The monoisotopic (exact) mass is 603 g/mol. The minimum Gasteiger partial charge on any atom is -0.381 e. The second-order valence-corrected chi connectivity index (χ2v) is 11.7. The molecule has 0 fully saturated rings. The van der Waals surface area contributed by atoms with Crippen molar-refractivity contribution in [2.45, 2.75) is 0 Å². The number of hydrogen-bond donors (Lipinski definition) is 1. The van der Waals surface area contributed by atoms with Crippen molar-refractivity contribution in [3.8, 4) is 27.5 Å². The number of carbonyl (C=O) groups is 2. The zero-order valence-electron chi connectivity index (χ0n) is 24.0. The second-order valence-electron chi connectivity index (χ2n) is 10.7. The zero-order valence-corrected chi connectivity index (χ0v) is 24.8. The van der Waals surface area contributed by atoms with Gasteiger partial charge < -0.3 is 5.32 Å². The van der Waals surface area contributed by atoms with Crippen LogP contribution in [0.3, 0.4) is 0 Å². The fourth-order valence-electron chi connectivity index (χ4n) is 5.90. The molecular weight excluding hydrogens is 579 g/mol. The Morgan fingerprint density at radius 1 is 0.778 bits per heavy atom. The molecule has 0 radical (unpaired) electrons. The smallest absolute Gasteiger partial charge is 0.265 e. The van der Waals surface area contributed by atoms with Gasteiger partial charge in [-0.3, -0.25) is 9.59 Å². The van der Waals surface area contributed by atoms with Crippen molar-refractivity contribution in [3.05, 3.63) is 139 Å². The number of thiazole rings is 1. The number of rotatable bonds is 7. The van der Waals surface area contributed by atoms with Crippen LogP contribution in [-0.2, 0) is 0 Å². The number of imide groups is 1. The summed E-state index contributed by atoms with van der Waals surface area (Å²) in [6.45, 7) is 4.35. The molecule has 7 nitrogen and oxygen atoms in total. The van der Waals surface area contributed by atoms with E-state index in [1.165, 1.54) is 4.90 Å². The fourth-order valence-corrected chi connectivity index (χ4v) is 6.88. The fraction of sp³-hybridized carbons (Fsp3) is 0.0270. The van der Waals surface area contributed by atoms with E-state index >= 15 is 0 Å². The minimum absolute atomic E-state index is 0.364. The molecule has 3 heterocycles. The second kappa shape index (κ2) is 10.7. The van der Waals surface area contributed by atoms with Crippen LogP contribution in [0.2, 0.25) is 0 Å². The first-order valence-corrected chi connectivity index (χ1v) is 15.3. The lowest BCUT2D eigenvalue weighted by atomic mass is 9.92. The third kappa shape index (κ3) is 4.42. The first kappa shape index (κ1) is 26.7. The first-order valence-electron chi connectivity index (χ1n) is 14.5. The van der Waals surface area contributed by atoms with Crippen LogP contribution in [0.25, 0.3) is 48.5 Å². The van der Waals surface area contributed by atoms with Crippen LogP contribution in [0.1, 0.15) is 20.7 Å². The highest BCUT2D eigenvalue weighted by Gasteiger charge is 2.34. The summed E-state index contributed by atoms with van der Waals surface area (Å²) in [7, 11) is 0. The molecule has 0 saturated heterocycles. The van der Waals surface area contributed by atoms with Crippen LogP contribution in [0.4, 0.5) is 11.4 Å². The Labute approximate surface area is 262 Å². The van der Waals surface area contributed by atoms with Crippen molar-refractivity contribution in [2.75, 3.05) is 16.8 Å². The number of fused-ring (bicyclic) bond motifs is 1. The summed E-state index contributed by atoms with van der Waals surface area (Å²) in [5.74, 6) is -0.727. The van der Waals surface area contributed by atoms with Gasteiger partial charge in [-0.05, 0) is 54.6 Å². The van der Waals surface area contributed by atoms with E-state index in [9.17, 15) is 9.59 Å². The molecule has 0 saturated carbocycles. The number of para-hydroxylation sites is 2. The van der Waals surface area contributed by atoms with Crippen LogP contribution in [0, 0.1) is 0 Å². The van der Waals surface area contributed by atoms with Gasteiger partial charge in [0.1, 0.15) is 10.7 Å². The van der Waals surface area contributed by atoms with Gasteiger partial charge in [0, 0.05) is 45.9 Å². The third-order valence-electron chi connectivity index (χ3n) is 7.98. The topological polar surface area (TPSA) is 80.1 Å². The molecule has 5 aromatic carbocycles. The van der Waals surface area contributed by atoms with Crippen LogP contribution in [0.5, 0.6) is 0 Å². The number of anilines is 2. The highest BCUT2D eigenvalue weighted by molar-refractivity contribution is 7.21. The molecule has 2 aromatic heterocycles.